The average molecular weight is 437 g/mol. The second kappa shape index (κ2) is 8.67. The SMILES string of the molecule is CCC(C)(CSC)C(=O)OC1CC2CC1C1CCC(C(=O)OC3(C)CCCCC3)C21. The maximum absolute atomic E-state index is 13.1. The number of esters is 2. The summed E-state index contributed by atoms with van der Waals surface area (Å²) in [5.41, 5.74) is -0.636. The van der Waals surface area contributed by atoms with E-state index in [1.165, 1.54) is 19.3 Å². The first kappa shape index (κ1) is 22.5. The summed E-state index contributed by atoms with van der Waals surface area (Å²) < 4.78 is 12.3. The Bertz CT molecular complexity index is 658. The summed E-state index contributed by atoms with van der Waals surface area (Å²) in [5, 5.41) is 0. The van der Waals surface area contributed by atoms with Gasteiger partial charge in [-0.25, -0.2) is 0 Å². The van der Waals surface area contributed by atoms with Gasteiger partial charge in [-0.05, 0) is 102 Å². The molecular formula is C25H40O4S. The third-order valence-corrected chi connectivity index (χ3v) is 9.93. The van der Waals surface area contributed by atoms with Crippen molar-refractivity contribution in [2.45, 2.75) is 96.7 Å². The van der Waals surface area contributed by atoms with Gasteiger partial charge in [-0.1, -0.05) is 13.3 Å². The first-order chi connectivity index (χ1) is 14.3. The lowest BCUT2D eigenvalue weighted by atomic mass is 9.76. The van der Waals surface area contributed by atoms with Crippen molar-refractivity contribution >= 4 is 23.7 Å². The second-order valence-corrected chi connectivity index (χ2v) is 11.9. The molecule has 0 amide bonds. The van der Waals surface area contributed by atoms with Crippen molar-refractivity contribution in [3.8, 4) is 0 Å². The molecular weight excluding hydrogens is 396 g/mol. The van der Waals surface area contributed by atoms with Crippen LogP contribution in [0.5, 0.6) is 0 Å². The number of fused-ring (bicyclic) bond motifs is 5. The molecule has 4 aliphatic carbocycles. The molecule has 2 bridgehead atoms. The topological polar surface area (TPSA) is 52.6 Å². The summed E-state index contributed by atoms with van der Waals surface area (Å²) in [6.07, 6.45) is 12.7. The van der Waals surface area contributed by atoms with Crippen LogP contribution >= 0.6 is 11.8 Å². The Balaban J connectivity index is 1.37. The Kier molecular flexibility index (Phi) is 6.50. The van der Waals surface area contributed by atoms with Crippen LogP contribution in [0.4, 0.5) is 0 Å². The molecule has 4 fully saturated rings. The normalized spacial score (nSPS) is 38.7. The highest BCUT2D eigenvalue weighted by Crippen LogP contribution is 2.62. The Morgan fingerprint density at radius 1 is 1.10 bits per heavy atom. The molecule has 4 aliphatic rings. The predicted molar refractivity (Wildman–Crippen MR) is 120 cm³/mol. The zero-order chi connectivity index (χ0) is 21.5. The van der Waals surface area contributed by atoms with Gasteiger partial charge in [-0.3, -0.25) is 9.59 Å². The van der Waals surface area contributed by atoms with E-state index in [4.69, 9.17) is 9.47 Å². The summed E-state index contributed by atoms with van der Waals surface area (Å²) in [5.74, 6) is 2.87. The zero-order valence-corrected chi connectivity index (χ0v) is 20.1. The third-order valence-electron chi connectivity index (χ3n) is 9.01. The molecule has 0 aromatic rings. The number of hydrogen-bond donors (Lipinski definition) is 0. The predicted octanol–water partition coefficient (Wildman–Crippen LogP) is 5.63. The molecule has 0 aromatic carbocycles. The van der Waals surface area contributed by atoms with E-state index in [1.807, 2.05) is 6.92 Å². The minimum atomic E-state index is -0.391. The molecule has 0 N–H and O–H groups in total. The number of hydrogen-bond acceptors (Lipinski definition) is 5. The van der Waals surface area contributed by atoms with Gasteiger partial charge >= 0.3 is 11.9 Å². The highest BCUT2D eigenvalue weighted by molar-refractivity contribution is 7.98. The number of carbonyl (C=O) groups excluding carboxylic acids is 2. The fourth-order valence-corrected chi connectivity index (χ4v) is 8.06. The second-order valence-electron chi connectivity index (χ2n) is 11.0. The fraction of sp³-hybridized carbons (Fsp3) is 0.920. The average Bonchev–Trinajstić information content (AvgIpc) is 3.40. The minimum Gasteiger partial charge on any atom is -0.462 e. The van der Waals surface area contributed by atoms with E-state index in [0.717, 1.165) is 50.7 Å². The summed E-state index contributed by atoms with van der Waals surface area (Å²) >= 11 is 1.72. The molecule has 5 heteroatoms. The van der Waals surface area contributed by atoms with Crippen LogP contribution in [-0.2, 0) is 19.1 Å². The number of rotatable bonds is 7. The lowest BCUT2D eigenvalue weighted by Crippen LogP contribution is -2.41. The van der Waals surface area contributed by atoms with Crippen molar-refractivity contribution in [2.75, 3.05) is 12.0 Å². The molecule has 7 unspecified atom stereocenters. The van der Waals surface area contributed by atoms with Crippen molar-refractivity contribution in [3.05, 3.63) is 0 Å². The Hall–Kier alpha value is -0.710. The highest BCUT2D eigenvalue weighted by Gasteiger charge is 2.60. The van der Waals surface area contributed by atoms with Gasteiger partial charge in [0, 0.05) is 5.75 Å². The lowest BCUT2D eigenvalue weighted by molar-refractivity contribution is -0.171. The van der Waals surface area contributed by atoms with Gasteiger partial charge in [0.05, 0.1) is 11.3 Å². The Morgan fingerprint density at radius 2 is 1.83 bits per heavy atom. The molecule has 0 aliphatic heterocycles. The summed E-state index contributed by atoms with van der Waals surface area (Å²) in [4.78, 5) is 26.1. The third kappa shape index (κ3) is 4.04. The van der Waals surface area contributed by atoms with Crippen LogP contribution in [0.1, 0.15) is 85.0 Å². The quantitative estimate of drug-likeness (QED) is 0.484. The summed E-state index contributed by atoms with van der Waals surface area (Å²) in [7, 11) is 0. The molecule has 0 radical (unpaired) electrons. The van der Waals surface area contributed by atoms with Gasteiger partial charge in [-0.2, -0.15) is 11.8 Å². The first-order valence-corrected chi connectivity index (χ1v) is 13.6. The molecule has 30 heavy (non-hydrogen) atoms. The van der Waals surface area contributed by atoms with Gasteiger partial charge < -0.3 is 9.47 Å². The zero-order valence-electron chi connectivity index (χ0n) is 19.3. The monoisotopic (exact) mass is 436 g/mol. The minimum absolute atomic E-state index is 0.0207. The van der Waals surface area contributed by atoms with Crippen molar-refractivity contribution in [3.63, 3.8) is 0 Å². The van der Waals surface area contributed by atoms with Crippen molar-refractivity contribution in [1.29, 1.82) is 0 Å². The molecule has 0 aromatic heterocycles. The van der Waals surface area contributed by atoms with Crippen LogP contribution in [0.2, 0.25) is 0 Å². The van der Waals surface area contributed by atoms with E-state index in [0.29, 0.717) is 23.7 Å². The standard InChI is InChI=1S/C25H40O4S/c1-5-24(2,15-30-4)23(27)28-20-14-16-13-19(20)17-9-10-18(21(16)17)22(26)29-25(3)11-7-6-8-12-25/h16-21H,5-15H2,1-4H3. The van der Waals surface area contributed by atoms with E-state index < -0.39 is 5.41 Å². The molecule has 0 saturated heterocycles. The van der Waals surface area contributed by atoms with Gasteiger partial charge in [0.1, 0.15) is 11.7 Å². The Labute approximate surface area is 186 Å². The number of ether oxygens (including phenoxy) is 2. The molecule has 4 rings (SSSR count). The largest absolute Gasteiger partial charge is 0.462 e. The molecule has 170 valence electrons. The van der Waals surface area contributed by atoms with E-state index in [2.05, 4.69) is 20.1 Å². The van der Waals surface area contributed by atoms with Crippen LogP contribution in [0, 0.1) is 35.0 Å². The lowest BCUT2D eigenvalue weighted by Gasteiger charge is -2.37. The number of thioether (sulfide) groups is 1. The molecule has 4 nitrogen and oxygen atoms in total. The Morgan fingerprint density at radius 3 is 2.50 bits per heavy atom. The van der Waals surface area contributed by atoms with E-state index >= 15 is 0 Å². The van der Waals surface area contributed by atoms with E-state index in [1.54, 1.807) is 11.8 Å². The van der Waals surface area contributed by atoms with Gasteiger partial charge in [0.15, 0.2) is 0 Å². The van der Waals surface area contributed by atoms with Crippen LogP contribution in [-0.4, -0.2) is 35.7 Å². The van der Waals surface area contributed by atoms with E-state index in [-0.39, 0.29) is 29.6 Å². The maximum atomic E-state index is 13.1. The van der Waals surface area contributed by atoms with Crippen LogP contribution < -0.4 is 0 Å². The van der Waals surface area contributed by atoms with Crippen molar-refractivity contribution in [1.82, 2.24) is 0 Å². The summed E-state index contributed by atoms with van der Waals surface area (Å²) in [6, 6.07) is 0. The summed E-state index contributed by atoms with van der Waals surface area (Å²) in [6.45, 7) is 6.25. The first-order valence-electron chi connectivity index (χ1n) is 12.2. The fourth-order valence-electron chi connectivity index (χ4n) is 7.10. The van der Waals surface area contributed by atoms with E-state index in [9.17, 15) is 9.59 Å². The maximum Gasteiger partial charge on any atom is 0.312 e. The number of carbonyl (C=O) groups is 2. The van der Waals surface area contributed by atoms with Crippen LogP contribution in [0.3, 0.4) is 0 Å². The molecule has 0 heterocycles. The highest BCUT2D eigenvalue weighted by atomic mass is 32.2. The van der Waals surface area contributed by atoms with Crippen molar-refractivity contribution in [2.24, 2.45) is 35.0 Å². The van der Waals surface area contributed by atoms with Crippen molar-refractivity contribution < 1.29 is 19.1 Å². The molecule has 7 atom stereocenters. The smallest absolute Gasteiger partial charge is 0.312 e. The van der Waals surface area contributed by atoms with Gasteiger partial charge in [0.2, 0.25) is 0 Å². The van der Waals surface area contributed by atoms with Crippen LogP contribution in [0.25, 0.3) is 0 Å². The van der Waals surface area contributed by atoms with Gasteiger partial charge in [-0.15, -0.1) is 0 Å². The van der Waals surface area contributed by atoms with Gasteiger partial charge in [0.25, 0.3) is 0 Å². The molecule has 0 spiro atoms. The molecule has 4 saturated carbocycles. The van der Waals surface area contributed by atoms with Crippen LogP contribution in [0.15, 0.2) is 0 Å².